The zero-order chi connectivity index (χ0) is 32.7. The smallest absolute Gasteiger partial charge is 0.255 e. The van der Waals surface area contributed by atoms with E-state index in [1.165, 1.54) is 25.1 Å². The van der Waals surface area contributed by atoms with E-state index in [1.807, 2.05) is 0 Å². The van der Waals surface area contributed by atoms with Gasteiger partial charge in [-0.2, -0.15) is 0 Å². The molecule has 1 aliphatic heterocycles. The number of phenols is 1. The van der Waals surface area contributed by atoms with Crippen molar-refractivity contribution in [2.45, 2.75) is 62.3 Å². The average Bonchev–Trinajstić information content (AvgIpc) is 3.82. The molecule has 1 aromatic rings. The van der Waals surface area contributed by atoms with Gasteiger partial charge in [0.25, 0.3) is 5.91 Å². The van der Waals surface area contributed by atoms with Crippen LogP contribution in [0.1, 0.15) is 54.4 Å². The number of nitrogens with two attached hydrogens (primary N) is 1. The van der Waals surface area contributed by atoms with Crippen LogP contribution in [0.25, 0.3) is 0 Å². The van der Waals surface area contributed by atoms with Crippen LogP contribution in [0.15, 0.2) is 34.8 Å². The summed E-state index contributed by atoms with van der Waals surface area (Å²) in [7, 11) is 2.96. The van der Waals surface area contributed by atoms with E-state index < -0.39 is 81.4 Å². The first-order valence-corrected chi connectivity index (χ1v) is 16.1. The Morgan fingerprint density at radius 1 is 1.16 bits per heavy atom. The molecule has 1 aromatic carbocycles. The van der Waals surface area contributed by atoms with Crippen molar-refractivity contribution in [3.8, 4) is 5.75 Å². The molecule has 8 atom stereocenters. The van der Waals surface area contributed by atoms with Gasteiger partial charge < -0.3 is 36.6 Å². The van der Waals surface area contributed by atoms with Crippen LogP contribution in [0.4, 0.5) is 5.69 Å². The van der Waals surface area contributed by atoms with Crippen LogP contribution in [0.3, 0.4) is 0 Å². The summed E-state index contributed by atoms with van der Waals surface area (Å²) >= 11 is 1.66. The highest BCUT2D eigenvalue weighted by Gasteiger charge is 2.67. The second-order valence-electron chi connectivity index (χ2n) is 13.1. The third kappa shape index (κ3) is 4.68. The lowest BCUT2D eigenvalue weighted by Crippen LogP contribution is -2.68. The number of aliphatic hydroxyl groups is 4. The van der Waals surface area contributed by atoms with Gasteiger partial charge in [0.15, 0.2) is 17.1 Å². The lowest BCUT2D eigenvalue weighted by atomic mass is 9.55. The zero-order valence-electron chi connectivity index (χ0n) is 25.1. The molecule has 0 aromatic heterocycles. The average molecular weight is 643 g/mol. The number of phenolic OH excluding ortho intramolecular Hbond substituents is 1. The number of carbonyl (C=O) groups is 4. The number of nitrogens with one attached hydrogen (secondary N) is 2. The van der Waals surface area contributed by atoms with Crippen molar-refractivity contribution in [2.75, 3.05) is 25.2 Å². The Morgan fingerprint density at radius 3 is 2.47 bits per heavy atom. The molecule has 2 amide bonds. The lowest BCUT2D eigenvalue weighted by molar-refractivity contribution is -0.162. The number of fused-ring (bicyclic) bond motifs is 3. The molecule has 0 bridgehead atoms. The van der Waals surface area contributed by atoms with Crippen LogP contribution >= 0.6 is 11.9 Å². The third-order valence-electron chi connectivity index (χ3n) is 10.3. The summed E-state index contributed by atoms with van der Waals surface area (Å²) in [6.07, 6.45) is 1.67. The molecule has 1 saturated heterocycles. The molecule has 5 aliphatic rings. The Hall–Kier alpha value is -3.43. The second kappa shape index (κ2) is 11.1. The number of hydrogen-bond acceptors (Lipinski definition) is 12. The van der Waals surface area contributed by atoms with Crippen molar-refractivity contribution in [3.63, 3.8) is 0 Å². The predicted octanol–water partition coefficient (Wildman–Crippen LogP) is 1.02. The highest BCUT2D eigenvalue weighted by atomic mass is 32.2. The molecule has 14 heteroatoms. The Kier molecular flexibility index (Phi) is 7.80. The molecule has 242 valence electrons. The van der Waals surface area contributed by atoms with E-state index in [9.17, 15) is 44.7 Å². The summed E-state index contributed by atoms with van der Waals surface area (Å²) in [4.78, 5) is 54.3. The number of carbonyl (C=O) groups excluding carboxylic acids is 4. The SMILES string of the molecule is CC1c2ccc(NC(=O)CC3CCSNC3C3CC3)c(O)c2C(=O)C2=C(O)C3(O)C(=O)C(C(N)=O)=C(O)[C@@H](N(C)C)C3C(O)C21. The van der Waals surface area contributed by atoms with E-state index in [0.717, 1.165) is 25.0 Å². The summed E-state index contributed by atoms with van der Waals surface area (Å²) in [5, 5.41) is 60.1. The fourth-order valence-corrected chi connectivity index (χ4v) is 9.09. The number of nitrogens with zero attached hydrogens (tertiary/aromatic N) is 1. The molecule has 45 heavy (non-hydrogen) atoms. The van der Waals surface area contributed by atoms with E-state index in [4.69, 9.17) is 5.73 Å². The van der Waals surface area contributed by atoms with Crippen LogP contribution in [-0.2, 0) is 14.4 Å². The maximum atomic E-state index is 14.1. The van der Waals surface area contributed by atoms with Gasteiger partial charge in [-0.25, -0.2) is 0 Å². The fraction of sp³-hybridized carbons (Fsp3) is 0.548. The lowest BCUT2D eigenvalue weighted by Gasteiger charge is -2.53. The van der Waals surface area contributed by atoms with Gasteiger partial charge in [0, 0.05) is 29.7 Å². The molecule has 0 radical (unpaired) electrons. The number of aliphatic hydroxyl groups excluding tert-OH is 3. The number of hydrogen-bond donors (Lipinski definition) is 8. The molecule has 1 heterocycles. The normalized spacial score (nSPS) is 34.8. The van der Waals surface area contributed by atoms with Crippen molar-refractivity contribution in [1.82, 2.24) is 9.62 Å². The number of anilines is 1. The summed E-state index contributed by atoms with van der Waals surface area (Å²) in [6.45, 7) is 1.65. The Bertz CT molecular complexity index is 1570. The van der Waals surface area contributed by atoms with Gasteiger partial charge in [-0.05, 0) is 62.7 Å². The summed E-state index contributed by atoms with van der Waals surface area (Å²) in [5.74, 6) is -8.44. The van der Waals surface area contributed by atoms with Crippen molar-refractivity contribution in [1.29, 1.82) is 0 Å². The molecule has 1 saturated carbocycles. The minimum Gasteiger partial charge on any atom is -0.510 e. The number of rotatable bonds is 6. The largest absolute Gasteiger partial charge is 0.510 e. The van der Waals surface area contributed by atoms with E-state index in [0.29, 0.717) is 11.5 Å². The first kappa shape index (κ1) is 31.5. The molecular formula is C31H38N4O9S. The first-order valence-electron chi connectivity index (χ1n) is 15.1. The maximum Gasteiger partial charge on any atom is 0.255 e. The topological polar surface area (TPSA) is 223 Å². The van der Waals surface area contributed by atoms with Crippen LogP contribution in [0.2, 0.25) is 0 Å². The Balaban J connectivity index is 1.38. The minimum atomic E-state index is -2.99. The van der Waals surface area contributed by atoms with Gasteiger partial charge in [0.2, 0.25) is 11.7 Å². The summed E-state index contributed by atoms with van der Waals surface area (Å²) in [5.41, 5.74) is 0.978. The van der Waals surface area contributed by atoms with E-state index in [1.54, 1.807) is 24.9 Å². The quantitative estimate of drug-likeness (QED) is 0.124. The van der Waals surface area contributed by atoms with E-state index in [-0.39, 0.29) is 35.5 Å². The molecule has 4 aliphatic carbocycles. The number of benzene rings is 1. The van der Waals surface area contributed by atoms with E-state index in [2.05, 4.69) is 10.0 Å². The van der Waals surface area contributed by atoms with Gasteiger partial charge >= 0.3 is 0 Å². The van der Waals surface area contributed by atoms with Crippen LogP contribution < -0.4 is 15.8 Å². The van der Waals surface area contributed by atoms with Crippen LogP contribution in [0, 0.1) is 23.7 Å². The Morgan fingerprint density at radius 2 is 1.84 bits per heavy atom. The fourth-order valence-electron chi connectivity index (χ4n) is 7.97. The highest BCUT2D eigenvalue weighted by molar-refractivity contribution is 7.97. The predicted molar refractivity (Wildman–Crippen MR) is 163 cm³/mol. The minimum absolute atomic E-state index is 0.0165. The van der Waals surface area contributed by atoms with Gasteiger partial charge in [0.1, 0.15) is 17.1 Å². The second-order valence-corrected chi connectivity index (χ2v) is 14.0. The number of Topliss-reactive ketones (excluding diaryl/α,β-unsaturated/α-hetero) is 2. The number of amides is 2. The molecular weight excluding hydrogens is 604 g/mol. The van der Waals surface area contributed by atoms with Crippen molar-refractivity contribution in [2.24, 2.45) is 29.4 Å². The first-order chi connectivity index (χ1) is 21.2. The standard InChI is InChI=1S/C31H38N4O9S/c1-11-14-6-7-15(33-16(36)10-13-8-9-45-34-22(13)12-4-5-12)24(37)18(14)25(38)19-17(11)26(39)21-23(35(2)3)27(40)20(30(32)43)29(42)31(21,44)28(19)41/h6-7,11-13,17,21-23,26,34,37,39-41,44H,4-5,8-10H2,1-3H3,(H2,32,43)(H,33,36)/t11?,13?,17?,21?,22?,23-,26?,31?/m0/s1. The summed E-state index contributed by atoms with van der Waals surface area (Å²) in [6, 6.07) is 1.93. The zero-order valence-corrected chi connectivity index (χ0v) is 25.9. The van der Waals surface area contributed by atoms with Gasteiger partial charge in [0.05, 0.1) is 29.3 Å². The van der Waals surface area contributed by atoms with E-state index >= 15 is 0 Å². The number of primary amides is 1. The van der Waals surface area contributed by atoms with Gasteiger partial charge in [-0.3, -0.25) is 28.8 Å². The number of likely N-dealkylation sites (N-methyl/N-ethyl adjacent to an activating group) is 1. The molecule has 13 nitrogen and oxygen atoms in total. The maximum absolute atomic E-state index is 14.1. The highest BCUT2D eigenvalue weighted by Crippen LogP contribution is 2.56. The van der Waals surface area contributed by atoms with Crippen LogP contribution in [-0.4, -0.2) is 97.5 Å². The van der Waals surface area contributed by atoms with Crippen LogP contribution in [0.5, 0.6) is 5.75 Å². The van der Waals surface area contributed by atoms with Gasteiger partial charge in [-0.15, -0.1) is 0 Å². The summed E-state index contributed by atoms with van der Waals surface area (Å²) < 4.78 is 3.45. The van der Waals surface area contributed by atoms with Crippen molar-refractivity contribution in [3.05, 3.63) is 45.9 Å². The number of aromatic hydroxyl groups is 1. The van der Waals surface area contributed by atoms with Gasteiger partial charge in [-0.1, -0.05) is 24.9 Å². The third-order valence-corrected chi connectivity index (χ3v) is 11.2. The molecule has 7 unspecified atom stereocenters. The van der Waals surface area contributed by atoms with Crippen molar-refractivity contribution >= 4 is 41.0 Å². The molecule has 9 N–H and O–H groups in total. The molecule has 6 rings (SSSR count). The Labute approximate surface area is 263 Å². The molecule has 2 fully saturated rings. The molecule has 0 spiro atoms. The number of ketones is 2. The monoisotopic (exact) mass is 642 g/mol. The van der Waals surface area contributed by atoms with Crippen molar-refractivity contribution < 1.29 is 44.7 Å².